The molecule has 1 unspecified atom stereocenters. The largest absolute Gasteiger partial charge is 0.286 e. The molecule has 2 heteroatoms. The topological polar surface area (TPSA) is 27.0 Å². The summed E-state index contributed by atoms with van der Waals surface area (Å²) in [6, 6.07) is 2.74. The molecule has 0 bridgehead atoms. The van der Waals surface area contributed by atoms with Gasteiger partial charge in [-0.15, -0.1) is 0 Å². The van der Waals surface area contributed by atoms with Crippen molar-refractivity contribution in [3.05, 3.63) is 0 Å². The van der Waals surface area contributed by atoms with Crippen molar-refractivity contribution in [3.63, 3.8) is 0 Å². The first kappa shape index (κ1) is 9.45. The molecule has 0 aliphatic rings. The van der Waals surface area contributed by atoms with Crippen LogP contribution >= 0.6 is 0 Å². The van der Waals surface area contributed by atoms with E-state index in [4.69, 9.17) is 5.26 Å². The number of nitrogens with zero attached hydrogens (tertiary/aromatic N) is 2. The van der Waals surface area contributed by atoms with Crippen LogP contribution in [0.3, 0.4) is 0 Å². The highest BCUT2D eigenvalue weighted by molar-refractivity contribution is 4.88. The van der Waals surface area contributed by atoms with Crippen molar-refractivity contribution < 1.29 is 0 Å². The van der Waals surface area contributed by atoms with Crippen LogP contribution < -0.4 is 0 Å². The summed E-state index contributed by atoms with van der Waals surface area (Å²) >= 11 is 0. The van der Waals surface area contributed by atoms with Crippen LogP contribution in [0.5, 0.6) is 0 Å². The van der Waals surface area contributed by atoms with Gasteiger partial charge in [-0.3, -0.25) is 4.90 Å². The van der Waals surface area contributed by atoms with Crippen LogP contribution in [0, 0.1) is 11.3 Å². The summed E-state index contributed by atoms with van der Waals surface area (Å²) < 4.78 is 0. The molecule has 0 aliphatic heterocycles. The molecule has 0 aromatic rings. The van der Waals surface area contributed by atoms with Gasteiger partial charge in [0.2, 0.25) is 0 Å². The standard InChI is InChI=1S/C8H16N2/c1-5-10(7(2)3)8(4)6-9/h7-8H,5H2,1-4H3. The summed E-state index contributed by atoms with van der Waals surface area (Å²) in [6.45, 7) is 9.18. The molecular formula is C8H16N2. The van der Waals surface area contributed by atoms with Gasteiger partial charge in [0.05, 0.1) is 12.1 Å². The van der Waals surface area contributed by atoms with E-state index in [9.17, 15) is 0 Å². The Morgan fingerprint density at radius 3 is 2.00 bits per heavy atom. The third-order valence-electron chi connectivity index (χ3n) is 1.71. The van der Waals surface area contributed by atoms with Gasteiger partial charge in [0.15, 0.2) is 0 Å². The second-order valence-corrected chi connectivity index (χ2v) is 2.73. The van der Waals surface area contributed by atoms with Gasteiger partial charge in [-0.1, -0.05) is 6.92 Å². The minimum absolute atomic E-state index is 0.0463. The van der Waals surface area contributed by atoms with Gasteiger partial charge in [0, 0.05) is 6.04 Å². The molecule has 0 rings (SSSR count). The van der Waals surface area contributed by atoms with Crippen LogP contribution in [0.4, 0.5) is 0 Å². The Morgan fingerprint density at radius 2 is 1.90 bits per heavy atom. The molecule has 58 valence electrons. The van der Waals surface area contributed by atoms with Crippen LogP contribution in [0.25, 0.3) is 0 Å². The van der Waals surface area contributed by atoms with Crippen LogP contribution in [-0.4, -0.2) is 23.5 Å². The number of rotatable bonds is 3. The second kappa shape index (κ2) is 4.29. The monoisotopic (exact) mass is 140 g/mol. The van der Waals surface area contributed by atoms with Gasteiger partial charge in [-0.25, -0.2) is 0 Å². The molecule has 0 fully saturated rings. The van der Waals surface area contributed by atoms with E-state index in [0.717, 1.165) is 6.54 Å². The van der Waals surface area contributed by atoms with Gasteiger partial charge in [-0.05, 0) is 27.3 Å². The van der Waals surface area contributed by atoms with Gasteiger partial charge >= 0.3 is 0 Å². The molecule has 0 saturated heterocycles. The van der Waals surface area contributed by atoms with E-state index in [1.54, 1.807) is 0 Å². The molecule has 0 spiro atoms. The van der Waals surface area contributed by atoms with Crippen molar-refractivity contribution >= 4 is 0 Å². The quantitative estimate of drug-likeness (QED) is 0.595. The van der Waals surface area contributed by atoms with E-state index in [-0.39, 0.29) is 6.04 Å². The second-order valence-electron chi connectivity index (χ2n) is 2.73. The molecule has 0 aromatic carbocycles. The normalized spacial score (nSPS) is 13.7. The van der Waals surface area contributed by atoms with Gasteiger partial charge in [0.25, 0.3) is 0 Å². The van der Waals surface area contributed by atoms with E-state index in [1.807, 2.05) is 6.92 Å². The Bertz CT molecular complexity index is 124. The summed E-state index contributed by atoms with van der Waals surface area (Å²) in [5.74, 6) is 0. The summed E-state index contributed by atoms with van der Waals surface area (Å²) in [5, 5.41) is 8.59. The van der Waals surface area contributed by atoms with E-state index < -0.39 is 0 Å². The fourth-order valence-electron chi connectivity index (χ4n) is 1.16. The van der Waals surface area contributed by atoms with Crippen molar-refractivity contribution in [2.24, 2.45) is 0 Å². The van der Waals surface area contributed by atoms with Gasteiger partial charge < -0.3 is 0 Å². The van der Waals surface area contributed by atoms with Crippen molar-refractivity contribution in [2.45, 2.75) is 39.8 Å². The summed E-state index contributed by atoms with van der Waals surface area (Å²) in [5.41, 5.74) is 0. The van der Waals surface area contributed by atoms with Crippen molar-refractivity contribution in [1.29, 1.82) is 5.26 Å². The number of hydrogen-bond donors (Lipinski definition) is 0. The fraction of sp³-hybridized carbons (Fsp3) is 0.875. The van der Waals surface area contributed by atoms with Crippen molar-refractivity contribution in [1.82, 2.24) is 4.90 Å². The van der Waals surface area contributed by atoms with Crippen LogP contribution in [0.15, 0.2) is 0 Å². The molecule has 2 nitrogen and oxygen atoms in total. The maximum atomic E-state index is 8.59. The predicted molar refractivity (Wildman–Crippen MR) is 42.6 cm³/mol. The Hall–Kier alpha value is -0.550. The van der Waals surface area contributed by atoms with Crippen molar-refractivity contribution in [2.75, 3.05) is 6.54 Å². The average molecular weight is 140 g/mol. The summed E-state index contributed by atoms with van der Waals surface area (Å²) in [7, 11) is 0. The smallest absolute Gasteiger partial charge is 0.0951 e. The highest BCUT2D eigenvalue weighted by atomic mass is 15.2. The Balaban J connectivity index is 3.96. The lowest BCUT2D eigenvalue weighted by molar-refractivity contribution is 0.207. The van der Waals surface area contributed by atoms with E-state index in [2.05, 4.69) is 31.7 Å². The summed E-state index contributed by atoms with van der Waals surface area (Å²) in [4.78, 5) is 2.15. The lowest BCUT2D eigenvalue weighted by Gasteiger charge is -2.26. The zero-order valence-corrected chi connectivity index (χ0v) is 7.26. The Morgan fingerprint density at radius 1 is 1.40 bits per heavy atom. The Labute approximate surface area is 63.4 Å². The lowest BCUT2D eigenvalue weighted by Crippen LogP contribution is -2.37. The zero-order chi connectivity index (χ0) is 8.15. The molecule has 10 heavy (non-hydrogen) atoms. The molecule has 0 aliphatic carbocycles. The maximum absolute atomic E-state index is 8.59. The molecular weight excluding hydrogens is 124 g/mol. The number of nitriles is 1. The van der Waals surface area contributed by atoms with E-state index >= 15 is 0 Å². The fourth-order valence-corrected chi connectivity index (χ4v) is 1.16. The molecule has 0 radical (unpaired) electrons. The van der Waals surface area contributed by atoms with Gasteiger partial charge in [0.1, 0.15) is 0 Å². The first-order valence-electron chi connectivity index (χ1n) is 3.78. The first-order valence-corrected chi connectivity index (χ1v) is 3.78. The van der Waals surface area contributed by atoms with Crippen LogP contribution in [0.1, 0.15) is 27.7 Å². The van der Waals surface area contributed by atoms with Crippen molar-refractivity contribution in [3.8, 4) is 6.07 Å². The molecule has 0 heterocycles. The minimum Gasteiger partial charge on any atom is -0.286 e. The molecule has 1 atom stereocenters. The molecule has 0 amide bonds. The van der Waals surface area contributed by atoms with E-state index in [1.165, 1.54) is 0 Å². The third-order valence-corrected chi connectivity index (χ3v) is 1.71. The summed E-state index contributed by atoms with van der Waals surface area (Å²) in [6.07, 6.45) is 0. The van der Waals surface area contributed by atoms with E-state index in [0.29, 0.717) is 6.04 Å². The predicted octanol–water partition coefficient (Wildman–Crippen LogP) is 1.63. The van der Waals surface area contributed by atoms with Crippen LogP contribution in [0.2, 0.25) is 0 Å². The maximum Gasteiger partial charge on any atom is 0.0951 e. The Kier molecular flexibility index (Phi) is 4.06. The highest BCUT2D eigenvalue weighted by Crippen LogP contribution is 2.02. The van der Waals surface area contributed by atoms with Gasteiger partial charge in [-0.2, -0.15) is 5.26 Å². The molecule has 0 saturated carbocycles. The van der Waals surface area contributed by atoms with Crippen LogP contribution in [-0.2, 0) is 0 Å². The minimum atomic E-state index is 0.0463. The zero-order valence-electron chi connectivity index (χ0n) is 7.26. The first-order chi connectivity index (χ1) is 4.63. The highest BCUT2D eigenvalue weighted by Gasteiger charge is 2.13. The molecule has 0 N–H and O–H groups in total. The SMILES string of the molecule is CCN(C(C)C)C(C)C#N. The number of hydrogen-bond acceptors (Lipinski definition) is 2. The molecule has 0 aromatic heterocycles. The third kappa shape index (κ3) is 2.36. The lowest BCUT2D eigenvalue weighted by atomic mass is 10.2. The average Bonchev–Trinajstić information content (AvgIpc) is 1.88.